The van der Waals surface area contributed by atoms with Crippen molar-refractivity contribution in [3.8, 4) is 0 Å². The minimum Gasteiger partial charge on any atom is -0.368 e. The molecule has 2 aromatic rings. The number of carbonyl (C=O) groups excluding carboxylic acids is 1. The maximum atomic E-state index is 12.6. The van der Waals surface area contributed by atoms with Crippen LogP contribution in [0, 0.1) is 0 Å². The van der Waals surface area contributed by atoms with Crippen molar-refractivity contribution in [2.45, 2.75) is 37.3 Å². The molecule has 1 aliphatic heterocycles. The zero-order valence-corrected chi connectivity index (χ0v) is 13.2. The molecule has 7 heteroatoms. The van der Waals surface area contributed by atoms with Crippen molar-refractivity contribution >= 4 is 17.2 Å². The SMILES string of the molecule is Cn1ccnc1[C@H]1OCC[C@@H]1NC(=O)c1scnc1C1CC1. The number of hydrogen-bond donors (Lipinski definition) is 1. The monoisotopic (exact) mass is 318 g/mol. The van der Waals surface area contributed by atoms with Crippen LogP contribution in [0.2, 0.25) is 0 Å². The van der Waals surface area contributed by atoms with Crippen LogP contribution in [0.15, 0.2) is 17.9 Å². The summed E-state index contributed by atoms with van der Waals surface area (Å²) in [4.78, 5) is 22.1. The summed E-state index contributed by atoms with van der Waals surface area (Å²) in [5.41, 5.74) is 2.74. The fraction of sp³-hybridized carbons (Fsp3) is 0.533. The number of aryl methyl sites for hydroxylation is 1. The molecule has 0 bridgehead atoms. The van der Waals surface area contributed by atoms with Crippen LogP contribution in [0.4, 0.5) is 0 Å². The average molecular weight is 318 g/mol. The van der Waals surface area contributed by atoms with Crippen LogP contribution < -0.4 is 5.32 Å². The van der Waals surface area contributed by atoms with Gasteiger partial charge in [-0.05, 0) is 19.3 Å². The van der Waals surface area contributed by atoms with Gasteiger partial charge in [-0.15, -0.1) is 11.3 Å². The molecule has 0 aromatic carbocycles. The number of hydrogen-bond acceptors (Lipinski definition) is 5. The Morgan fingerprint density at radius 1 is 1.41 bits per heavy atom. The van der Waals surface area contributed by atoms with Crippen LogP contribution in [-0.2, 0) is 11.8 Å². The first-order valence-electron chi connectivity index (χ1n) is 7.57. The zero-order valence-electron chi connectivity index (χ0n) is 12.4. The summed E-state index contributed by atoms with van der Waals surface area (Å²) in [5, 5.41) is 3.12. The first-order valence-corrected chi connectivity index (χ1v) is 8.45. The molecule has 2 fully saturated rings. The summed E-state index contributed by atoms with van der Waals surface area (Å²) < 4.78 is 7.73. The Balaban J connectivity index is 1.51. The van der Waals surface area contributed by atoms with Gasteiger partial charge in [0.1, 0.15) is 16.8 Å². The fourth-order valence-corrected chi connectivity index (χ4v) is 3.73. The molecule has 0 spiro atoms. The lowest BCUT2D eigenvalue weighted by Crippen LogP contribution is -2.37. The first kappa shape index (κ1) is 13.9. The number of nitrogens with zero attached hydrogens (tertiary/aromatic N) is 3. The van der Waals surface area contributed by atoms with E-state index in [0.717, 1.165) is 35.7 Å². The molecule has 1 saturated heterocycles. The third kappa shape index (κ3) is 2.44. The van der Waals surface area contributed by atoms with Crippen LogP contribution in [-0.4, -0.2) is 33.1 Å². The van der Waals surface area contributed by atoms with E-state index in [1.54, 1.807) is 11.7 Å². The molecule has 2 aromatic heterocycles. The third-order valence-electron chi connectivity index (χ3n) is 4.29. The standard InChI is InChI=1S/C15H18N4O2S/c1-19-6-5-16-14(19)12-10(4-7-21-12)18-15(20)13-11(9-2-3-9)17-8-22-13/h5-6,8-10,12H,2-4,7H2,1H3,(H,18,20)/t10-,12-/m0/s1. The van der Waals surface area contributed by atoms with E-state index in [4.69, 9.17) is 4.74 Å². The number of nitrogens with one attached hydrogen (secondary N) is 1. The number of imidazole rings is 1. The zero-order chi connectivity index (χ0) is 15.1. The second-order valence-electron chi connectivity index (χ2n) is 5.90. The Hall–Kier alpha value is -1.73. The van der Waals surface area contributed by atoms with E-state index < -0.39 is 0 Å². The number of thiazole rings is 1. The highest BCUT2D eigenvalue weighted by Gasteiger charge is 2.36. The second-order valence-corrected chi connectivity index (χ2v) is 6.75. The van der Waals surface area contributed by atoms with Crippen LogP contribution in [0.3, 0.4) is 0 Å². The topological polar surface area (TPSA) is 69.0 Å². The van der Waals surface area contributed by atoms with E-state index in [-0.39, 0.29) is 18.1 Å². The molecule has 0 radical (unpaired) electrons. The van der Waals surface area contributed by atoms with Crippen LogP contribution in [0.25, 0.3) is 0 Å². The number of rotatable bonds is 4. The highest BCUT2D eigenvalue weighted by Crippen LogP contribution is 2.41. The maximum Gasteiger partial charge on any atom is 0.263 e. The van der Waals surface area contributed by atoms with Crippen molar-refractivity contribution in [2.75, 3.05) is 6.61 Å². The number of aromatic nitrogens is 3. The summed E-state index contributed by atoms with van der Waals surface area (Å²) in [7, 11) is 1.94. The summed E-state index contributed by atoms with van der Waals surface area (Å²) in [5.74, 6) is 1.31. The van der Waals surface area contributed by atoms with Gasteiger partial charge in [0, 0.05) is 32.0 Å². The predicted molar refractivity (Wildman–Crippen MR) is 81.9 cm³/mol. The van der Waals surface area contributed by atoms with E-state index in [1.807, 2.05) is 17.8 Å². The van der Waals surface area contributed by atoms with E-state index in [9.17, 15) is 4.79 Å². The van der Waals surface area contributed by atoms with Gasteiger partial charge >= 0.3 is 0 Å². The molecule has 1 amide bonds. The molecule has 116 valence electrons. The van der Waals surface area contributed by atoms with Crippen LogP contribution in [0.5, 0.6) is 0 Å². The van der Waals surface area contributed by atoms with Crippen LogP contribution >= 0.6 is 11.3 Å². The lowest BCUT2D eigenvalue weighted by molar-refractivity contribution is 0.0781. The molecule has 4 rings (SSSR count). The van der Waals surface area contributed by atoms with Crippen molar-refractivity contribution in [3.05, 3.63) is 34.3 Å². The Morgan fingerprint density at radius 3 is 3.00 bits per heavy atom. The Morgan fingerprint density at radius 2 is 2.27 bits per heavy atom. The second kappa shape index (κ2) is 5.48. The van der Waals surface area contributed by atoms with E-state index in [2.05, 4.69) is 15.3 Å². The average Bonchev–Trinajstić information content (AvgIpc) is 2.91. The fourth-order valence-electron chi connectivity index (χ4n) is 2.95. The Bertz CT molecular complexity index is 691. The van der Waals surface area contributed by atoms with Gasteiger partial charge in [-0.2, -0.15) is 0 Å². The van der Waals surface area contributed by atoms with Gasteiger partial charge in [0.15, 0.2) is 0 Å². The van der Waals surface area contributed by atoms with Gasteiger partial charge in [-0.3, -0.25) is 4.79 Å². The largest absolute Gasteiger partial charge is 0.368 e. The summed E-state index contributed by atoms with van der Waals surface area (Å²) in [6.45, 7) is 0.640. The predicted octanol–water partition coefficient (Wildman–Crippen LogP) is 2.01. The molecular formula is C15H18N4O2S. The molecule has 2 atom stereocenters. The molecule has 6 nitrogen and oxygen atoms in total. The molecule has 1 aliphatic carbocycles. The van der Waals surface area contributed by atoms with E-state index >= 15 is 0 Å². The molecule has 2 aliphatic rings. The smallest absolute Gasteiger partial charge is 0.263 e. The van der Waals surface area contributed by atoms with Gasteiger partial charge in [0.25, 0.3) is 5.91 Å². The van der Waals surface area contributed by atoms with E-state index in [1.165, 1.54) is 11.3 Å². The van der Waals surface area contributed by atoms with Crippen molar-refractivity contribution in [1.29, 1.82) is 0 Å². The van der Waals surface area contributed by atoms with Gasteiger partial charge < -0.3 is 14.6 Å². The number of carbonyl (C=O) groups is 1. The van der Waals surface area contributed by atoms with Crippen molar-refractivity contribution in [3.63, 3.8) is 0 Å². The summed E-state index contributed by atoms with van der Waals surface area (Å²) in [6, 6.07) is -0.0391. The summed E-state index contributed by atoms with van der Waals surface area (Å²) in [6.07, 6.45) is 6.56. The first-order chi connectivity index (χ1) is 10.7. The maximum absolute atomic E-state index is 12.6. The van der Waals surface area contributed by atoms with Crippen LogP contribution in [0.1, 0.15) is 52.5 Å². The molecular weight excluding hydrogens is 300 g/mol. The van der Waals surface area contributed by atoms with Crippen molar-refractivity contribution in [1.82, 2.24) is 19.9 Å². The van der Waals surface area contributed by atoms with E-state index in [0.29, 0.717) is 12.5 Å². The number of amides is 1. The molecule has 1 N–H and O–H groups in total. The highest BCUT2D eigenvalue weighted by atomic mass is 32.1. The van der Waals surface area contributed by atoms with Gasteiger partial charge in [0.2, 0.25) is 0 Å². The number of ether oxygens (including phenoxy) is 1. The van der Waals surface area contributed by atoms with Crippen molar-refractivity contribution < 1.29 is 9.53 Å². The molecule has 3 heterocycles. The highest BCUT2D eigenvalue weighted by molar-refractivity contribution is 7.11. The lowest BCUT2D eigenvalue weighted by atomic mass is 10.1. The van der Waals surface area contributed by atoms with Gasteiger partial charge in [0.05, 0.1) is 17.2 Å². The molecule has 0 unspecified atom stereocenters. The van der Waals surface area contributed by atoms with Crippen molar-refractivity contribution in [2.24, 2.45) is 7.05 Å². The molecule has 22 heavy (non-hydrogen) atoms. The minimum absolute atomic E-state index is 0.0286. The molecule has 1 saturated carbocycles. The minimum atomic E-state index is -0.179. The third-order valence-corrected chi connectivity index (χ3v) is 5.13. The quantitative estimate of drug-likeness (QED) is 0.936. The Kier molecular flexibility index (Phi) is 3.46. The normalized spacial score (nSPS) is 24.6. The van der Waals surface area contributed by atoms with Gasteiger partial charge in [-0.25, -0.2) is 9.97 Å². The Labute approximate surface area is 132 Å². The lowest BCUT2D eigenvalue weighted by Gasteiger charge is -2.19. The summed E-state index contributed by atoms with van der Waals surface area (Å²) >= 11 is 1.43. The van der Waals surface area contributed by atoms with Gasteiger partial charge in [-0.1, -0.05) is 0 Å².